The van der Waals surface area contributed by atoms with E-state index in [-0.39, 0.29) is 17.5 Å². The van der Waals surface area contributed by atoms with E-state index >= 15 is 0 Å². The van der Waals surface area contributed by atoms with E-state index in [1.54, 1.807) is 42.7 Å². The van der Waals surface area contributed by atoms with Gasteiger partial charge in [0.2, 0.25) is 0 Å². The zero-order valence-corrected chi connectivity index (χ0v) is 15.4. The number of aromatic carboxylic acids is 1. The summed E-state index contributed by atoms with van der Waals surface area (Å²) in [4.78, 5) is 33.7. The molecule has 0 spiro atoms. The van der Waals surface area contributed by atoms with Gasteiger partial charge in [0.1, 0.15) is 10.7 Å². The van der Waals surface area contributed by atoms with E-state index in [4.69, 9.17) is 11.6 Å². The van der Waals surface area contributed by atoms with Gasteiger partial charge in [0.25, 0.3) is 5.56 Å². The summed E-state index contributed by atoms with van der Waals surface area (Å²) < 4.78 is 1.47. The number of carbonyl (C=O) groups is 1. The fourth-order valence-corrected chi connectivity index (χ4v) is 3.98. The summed E-state index contributed by atoms with van der Waals surface area (Å²) in [7, 11) is 0. The first kappa shape index (κ1) is 17.4. The quantitative estimate of drug-likeness (QED) is 0.564. The second kappa shape index (κ2) is 6.94. The summed E-state index contributed by atoms with van der Waals surface area (Å²) in [5.74, 6) is -0.695. The van der Waals surface area contributed by atoms with Gasteiger partial charge in [-0.2, -0.15) is 0 Å². The molecule has 8 heteroatoms. The van der Waals surface area contributed by atoms with Crippen molar-refractivity contribution >= 4 is 39.1 Å². The molecule has 0 saturated carbocycles. The summed E-state index contributed by atoms with van der Waals surface area (Å²) in [6, 6.07) is 10.7. The monoisotopic (exact) mass is 397 g/mol. The van der Waals surface area contributed by atoms with Crippen LogP contribution < -0.4 is 5.56 Å². The minimum atomic E-state index is -1.15. The Morgan fingerprint density at radius 1 is 1.22 bits per heavy atom. The maximum Gasteiger partial charge on any atom is 0.337 e. The molecule has 0 atom stereocenters. The lowest BCUT2D eigenvalue weighted by Gasteiger charge is -2.13. The molecule has 1 aromatic carbocycles. The molecule has 0 aliphatic carbocycles. The van der Waals surface area contributed by atoms with Gasteiger partial charge in [-0.25, -0.2) is 9.78 Å². The number of fused-ring (bicyclic) bond motifs is 1. The highest BCUT2D eigenvalue weighted by Crippen LogP contribution is 2.26. The van der Waals surface area contributed by atoms with Gasteiger partial charge in [0, 0.05) is 28.4 Å². The lowest BCUT2D eigenvalue weighted by Crippen LogP contribution is -2.24. The topological polar surface area (TPSA) is 85.1 Å². The van der Waals surface area contributed by atoms with Crippen LogP contribution in [-0.4, -0.2) is 25.6 Å². The zero-order valence-electron chi connectivity index (χ0n) is 13.8. The number of carboxylic acid groups (broad SMARTS) is 1. The molecule has 3 heterocycles. The molecule has 134 valence electrons. The van der Waals surface area contributed by atoms with Gasteiger partial charge in [0.05, 0.1) is 17.5 Å². The summed E-state index contributed by atoms with van der Waals surface area (Å²) in [6.45, 7) is 0.217. The highest BCUT2D eigenvalue weighted by atomic mass is 35.5. The average Bonchev–Trinajstić information content (AvgIpc) is 3.09. The van der Waals surface area contributed by atoms with Crippen LogP contribution >= 0.6 is 22.9 Å². The Hall–Kier alpha value is -3.03. The van der Waals surface area contributed by atoms with Crippen LogP contribution in [0.1, 0.15) is 15.9 Å². The number of carboxylic acids is 1. The predicted octanol–water partition coefficient (Wildman–Crippen LogP) is 3.92. The van der Waals surface area contributed by atoms with Gasteiger partial charge >= 0.3 is 5.97 Å². The highest BCUT2D eigenvalue weighted by Gasteiger charge is 2.20. The van der Waals surface area contributed by atoms with E-state index in [0.29, 0.717) is 15.7 Å². The molecule has 1 N–H and O–H groups in total. The molecule has 0 amide bonds. The number of nitrogens with zero attached hydrogens (tertiary/aromatic N) is 3. The molecule has 27 heavy (non-hydrogen) atoms. The Kier molecular flexibility index (Phi) is 4.47. The molecular formula is C19H12ClN3O3S. The molecule has 0 bridgehead atoms. The summed E-state index contributed by atoms with van der Waals surface area (Å²) in [5.41, 5.74) is 1.10. The Bertz CT molecular complexity index is 1220. The van der Waals surface area contributed by atoms with Crippen molar-refractivity contribution in [1.82, 2.24) is 14.5 Å². The number of benzene rings is 1. The van der Waals surface area contributed by atoms with Crippen LogP contribution in [0.2, 0.25) is 5.02 Å². The molecule has 0 radical (unpaired) electrons. The van der Waals surface area contributed by atoms with E-state index in [9.17, 15) is 14.7 Å². The average molecular weight is 398 g/mol. The molecule has 3 aromatic heterocycles. The van der Waals surface area contributed by atoms with Gasteiger partial charge in [-0.3, -0.25) is 14.3 Å². The number of hydrogen-bond donors (Lipinski definition) is 1. The summed E-state index contributed by atoms with van der Waals surface area (Å²) in [5, 5.41) is 11.5. The van der Waals surface area contributed by atoms with Crippen LogP contribution in [0, 0.1) is 0 Å². The van der Waals surface area contributed by atoms with E-state index in [1.807, 2.05) is 6.07 Å². The third-order valence-electron chi connectivity index (χ3n) is 4.09. The van der Waals surface area contributed by atoms with E-state index in [0.717, 1.165) is 22.5 Å². The number of thiophene rings is 1. The first-order valence-electron chi connectivity index (χ1n) is 7.95. The molecule has 0 saturated heterocycles. The molecule has 0 unspecified atom stereocenters. The molecule has 4 rings (SSSR count). The van der Waals surface area contributed by atoms with Crippen LogP contribution in [0.5, 0.6) is 0 Å². The predicted molar refractivity (Wildman–Crippen MR) is 105 cm³/mol. The number of hydrogen-bond acceptors (Lipinski definition) is 5. The lowest BCUT2D eigenvalue weighted by molar-refractivity contribution is 0.0699. The minimum absolute atomic E-state index is 0.0337. The van der Waals surface area contributed by atoms with Gasteiger partial charge in [-0.1, -0.05) is 23.7 Å². The normalized spacial score (nSPS) is 11.0. The molecule has 0 fully saturated rings. The van der Waals surface area contributed by atoms with Crippen molar-refractivity contribution in [3.05, 3.63) is 80.7 Å². The second-order valence-corrected chi connectivity index (χ2v) is 7.12. The molecule has 0 aliphatic heterocycles. The van der Waals surface area contributed by atoms with Gasteiger partial charge in [-0.15, -0.1) is 11.3 Å². The maximum atomic E-state index is 13.2. The first-order valence-corrected chi connectivity index (χ1v) is 9.20. The van der Waals surface area contributed by atoms with Crippen molar-refractivity contribution < 1.29 is 9.90 Å². The number of rotatable bonds is 4. The third-order valence-corrected chi connectivity index (χ3v) is 5.20. The number of aromatic nitrogens is 3. The van der Waals surface area contributed by atoms with Gasteiger partial charge < -0.3 is 5.11 Å². The molecular weight excluding hydrogens is 386 g/mol. The molecule has 0 aliphatic rings. The van der Waals surface area contributed by atoms with Crippen LogP contribution in [0.25, 0.3) is 21.6 Å². The highest BCUT2D eigenvalue weighted by molar-refractivity contribution is 7.17. The van der Waals surface area contributed by atoms with Crippen LogP contribution in [0.4, 0.5) is 0 Å². The summed E-state index contributed by atoms with van der Waals surface area (Å²) in [6.07, 6.45) is 3.24. The largest absolute Gasteiger partial charge is 0.478 e. The summed E-state index contributed by atoms with van der Waals surface area (Å²) >= 11 is 7.21. The number of pyridine rings is 1. The van der Waals surface area contributed by atoms with Crippen molar-refractivity contribution in [1.29, 1.82) is 0 Å². The standard InChI is InChI=1S/C19H12ClN3O3S/c20-13-3-1-2-11(8-13)9-23-16(12-4-6-21-7-5-12)22-17-15(18(23)24)14(10-27-17)19(25)26/h1-8,10H,9H2,(H,25,26). The smallest absolute Gasteiger partial charge is 0.337 e. The van der Waals surface area contributed by atoms with Crippen molar-refractivity contribution in [2.45, 2.75) is 6.54 Å². The first-order chi connectivity index (χ1) is 13.0. The van der Waals surface area contributed by atoms with Crippen molar-refractivity contribution in [3.63, 3.8) is 0 Å². The van der Waals surface area contributed by atoms with Crippen LogP contribution in [-0.2, 0) is 6.54 Å². The zero-order chi connectivity index (χ0) is 19.0. The molecule has 4 aromatic rings. The lowest BCUT2D eigenvalue weighted by atomic mass is 10.2. The Labute approximate surface area is 162 Å². The maximum absolute atomic E-state index is 13.2. The van der Waals surface area contributed by atoms with Crippen LogP contribution in [0.15, 0.2) is 59.0 Å². The van der Waals surface area contributed by atoms with Gasteiger partial charge in [-0.05, 0) is 29.8 Å². The third kappa shape index (κ3) is 3.22. The van der Waals surface area contributed by atoms with E-state index in [2.05, 4.69) is 9.97 Å². The fraction of sp³-hybridized carbons (Fsp3) is 0.0526. The fourth-order valence-electron chi connectivity index (χ4n) is 2.87. The van der Waals surface area contributed by atoms with E-state index < -0.39 is 11.5 Å². The van der Waals surface area contributed by atoms with Crippen LogP contribution in [0.3, 0.4) is 0 Å². The minimum Gasteiger partial charge on any atom is -0.478 e. The van der Waals surface area contributed by atoms with Gasteiger partial charge in [0.15, 0.2) is 0 Å². The Balaban J connectivity index is 2.00. The van der Waals surface area contributed by atoms with Crippen molar-refractivity contribution in [3.8, 4) is 11.4 Å². The Morgan fingerprint density at radius 2 is 2.00 bits per heavy atom. The second-order valence-electron chi connectivity index (χ2n) is 5.83. The van der Waals surface area contributed by atoms with Crippen molar-refractivity contribution in [2.75, 3.05) is 0 Å². The number of halogens is 1. The van der Waals surface area contributed by atoms with E-state index in [1.165, 1.54) is 9.95 Å². The Morgan fingerprint density at radius 3 is 2.70 bits per heavy atom. The van der Waals surface area contributed by atoms with Crippen molar-refractivity contribution in [2.24, 2.45) is 0 Å². The SMILES string of the molecule is O=C(O)c1csc2nc(-c3ccncc3)n(Cc3cccc(Cl)c3)c(=O)c12. The molecule has 6 nitrogen and oxygen atoms in total.